The quantitative estimate of drug-likeness (QED) is 0.549. The highest BCUT2D eigenvalue weighted by molar-refractivity contribution is 5.89. The van der Waals surface area contributed by atoms with E-state index in [1.54, 1.807) is 19.1 Å². The highest BCUT2D eigenvalue weighted by Crippen LogP contribution is 2.22. The predicted molar refractivity (Wildman–Crippen MR) is 75.8 cm³/mol. The average molecular weight is 281 g/mol. The fourth-order valence-corrected chi connectivity index (χ4v) is 1.74. The second-order valence-electron chi connectivity index (χ2n) is 4.62. The standard InChI is InChI=1S/C13H19N3O4/c1-9-5-6-11(8-12(9)16(19)20)15-13(18)14-10(2)4-3-7-17/h5-6,8,10,17H,3-4,7H2,1-2H3,(H2,14,15,18). The summed E-state index contributed by atoms with van der Waals surface area (Å²) in [6.07, 6.45) is 1.27. The van der Waals surface area contributed by atoms with Crippen molar-refractivity contribution in [2.24, 2.45) is 0 Å². The van der Waals surface area contributed by atoms with E-state index in [0.717, 1.165) is 0 Å². The number of aliphatic hydroxyl groups excluding tert-OH is 1. The molecule has 7 heteroatoms. The first kappa shape index (κ1) is 15.9. The molecule has 0 heterocycles. The number of rotatable bonds is 6. The Hall–Kier alpha value is -2.15. The second-order valence-corrected chi connectivity index (χ2v) is 4.62. The van der Waals surface area contributed by atoms with Crippen LogP contribution < -0.4 is 10.6 Å². The smallest absolute Gasteiger partial charge is 0.319 e. The predicted octanol–water partition coefficient (Wildman–Crippen LogP) is 2.19. The molecule has 0 aromatic heterocycles. The number of hydrogen-bond acceptors (Lipinski definition) is 4. The van der Waals surface area contributed by atoms with Gasteiger partial charge < -0.3 is 15.7 Å². The number of urea groups is 1. The lowest BCUT2D eigenvalue weighted by molar-refractivity contribution is -0.385. The summed E-state index contributed by atoms with van der Waals surface area (Å²) in [5.74, 6) is 0. The lowest BCUT2D eigenvalue weighted by atomic mass is 10.2. The summed E-state index contributed by atoms with van der Waals surface area (Å²) in [5, 5.41) is 24.8. The van der Waals surface area contributed by atoms with Gasteiger partial charge in [-0.25, -0.2) is 4.79 Å². The van der Waals surface area contributed by atoms with E-state index in [9.17, 15) is 14.9 Å². The van der Waals surface area contributed by atoms with Crippen LogP contribution in [0.5, 0.6) is 0 Å². The van der Waals surface area contributed by atoms with Gasteiger partial charge in [0.1, 0.15) is 0 Å². The number of amides is 2. The first-order valence-electron chi connectivity index (χ1n) is 6.37. The zero-order valence-electron chi connectivity index (χ0n) is 11.5. The fraction of sp³-hybridized carbons (Fsp3) is 0.462. The molecule has 0 bridgehead atoms. The molecule has 7 nitrogen and oxygen atoms in total. The molecule has 0 saturated heterocycles. The van der Waals surface area contributed by atoms with E-state index < -0.39 is 11.0 Å². The maximum Gasteiger partial charge on any atom is 0.319 e. The Morgan fingerprint density at radius 2 is 2.20 bits per heavy atom. The number of aliphatic hydroxyl groups is 1. The van der Waals surface area contributed by atoms with Crippen LogP contribution in [0.1, 0.15) is 25.3 Å². The number of carbonyl (C=O) groups excluding carboxylic acids is 1. The number of nitro benzene ring substituents is 1. The molecule has 0 aliphatic rings. The van der Waals surface area contributed by atoms with E-state index in [0.29, 0.717) is 24.1 Å². The molecule has 1 aromatic carbocycles. The van der Waals surface area contributed by atoms with Gasteiger partial charge in [0, 0.05) is 30.0 Å². The number of nitrogens with zero attached hydrogens (tertiary/aromatic N) is 1. The van der Waals surface area contributed by atoms with Gasteiger partial charge in [0.15, 0.2) is 0 Å². The van der Waals surface area contributed by atoms with Crippen LogP contribution in [0.4, 0.5) is 16.2 Å². The number of hydrogen-bond donors (Lipinski definition) is 3. The Balaban J connectivity index is 2.62. The van der Waals surface area contributed by atoms with Gasteiger partial charge in [0.2, 0.25) is 0 Å². The fourth-order valence-electron chi connectivity index (χ4n) is 1.74. The summed E-state index contributed by atoms with van der Waals surface area (Å²) in [7, 11) is 0. The Morgan fingerprint density at radius 1 is 1.50 bits per heavy atom. The largest absolute Gasteiger partial charge is 0.396 e. The van der Waals surface area contributed by atoms with E-state index in [1.807, 2.05) is 6.92 Å². The number of anilines is 1. The van der Waals surface area contributed by atoms with Gasteiger partial charge in [0.05, 0.1) is 4.92 Å². The normalized spacial score (nSPS) is 11.8. The van der Waals surface area contributed by atoms with E-state index >= 15 is 0 Å². The van der Waals surface area contributed by atoms with Gasteiger partial charge >= 0.3 is 6.03 Å². The molecular formula is C13H19N3O4. The minimum Gasteiger partial charge on any atom is -0.396 e. The second kappa shape index (κ2) is 7.44. The van der Waals surface area contributed by atoms with Gasteiger partial charge in [-0.1, -0.05) is 6.07 Å². The van der Waals surface area contributed by atoms with Crippen molar-refractivity contribution in [1.82, 2.24) is 5.32 Å². The van der Waals surface area contributed by atoms with Gasteiger partial charge in [-0.3, -0.25) is 10.1 Å². The molecule has 1 aromatic rings. The summed E-state index contributed by atoms with van der Waals surface area (Å²) < 4.78 is 0. The van der Waals surface area contributed by atoms with Crippen molar-refractivity contribution in [1.29, 1.82) is 0 Å². The molecular weight excluding hydrogens is 262 g/mol. The summed E-state index contributed by atoms with van der Waals surface area (Å²) in [6, 6.07) is 4.02. The van der Waals surface area contributed by atoms with Crippen LogP contribution in [0.3, 0.4) is 0 Å². The molecule has 1 rings (SSSR count). The first-order chi connectivity index (χ1) is 9.43. The van der Waals surface area contributed by atoms with Gasteiger partial charge in [-0.05, 0) is 32.8 Å². The number of benzene rings is 1. The Labute approximate surface area is 117 Å². The monoisotopic (exact) mass is 281 g/mol. The lowest BCUT2D eigenvalue weighted by Gasteiger charge is -2.14. The summed E-state index contributed by atoms with van der Waals surface area (Å²) in [6.45, 7) is 3.55. The summed E-state index contributed by atoms with van der Waals surface area (Å²) in [4.78, 5) is 22.0. The SMILES string of the molecule is Cc1ccc(NC(=O)NC(C)CCCO)cc1[N+](=O)[O-]. The molecule has 1 unspecified atom stereocenters. The van der Waals surface area contributed by atoms with Gasteiger partial charge in [-0.15, -0.1) is 0 Å². The third-order valence-corrected chi connectivity index (χ3v) is 2.84. The molecule has 0 fully saturated rings. The maximum absolute atomic E-state index is 11.7. The van der Waals surface area contributed by atoms with Crippen LogP contribution in [-0.4, -0.2) is 28.7 Å². The third kappa shape index (κ3) is 4.85. The Bertz CT molecular complexity index is 491. The molecule has 1 atom stereocenters. The number of nitrogens with one attached hydrogen (secondary N) is 2. The summed E-state index contributed by atoms with van der Waals surface area (Å²) >= 11 is 0. The molecule has 0 spiro atoms. The number of carbonyl (C=O) groups is 1. The van der Waals surface area contributed by atoms with Crippen molar-refractivity contribution in [3.63, 3.8) is 0 Å². The van der Waals surface area contributed by atoms with Crippen LogP contribution in [0, 0.1) is 17.0 Å². The molecule has 3 N–H and O–H groups in total. The van der Waals surface area contributed by atoms with Crippen LogP contribution in [0.15, 0.2) is 18.2 Å². The van der Waals surface area contributed by atoms with Crippen molar-refractivity contribution >= 4 is 17.4 Å². The molecule has 2 amide bonds. The Morgan fingerprint density at radius 3 is 2.80 bits per heavy atom. The van der Waals surface area contributed by atoms with Crippen LogP contribution in [0.25, 0.3) is 0 Å². The topological polar surface area (TPSA) is 104 Å². The highest BCUT2D eigenvalue weighted by atomic mass is 16.6. The van der Waals surface area contributed by atoms with E-state index in [2.05, 4.69) is 10.6 Å². The lowest BCUT2D eigenvalue weighted by Crippen LogP contribution is -2.36. The van der Waals surface area contributed by atoms with Gasteiger partial charge in [-0.2, -0.15) is 0 Å². The summed E-state index contributed by atoms with van der Waals surface area (Å²) in [5.41, 5.74) is 0.877. The van der Waals surface area contributed by atoms with Gasteiger partial charge in [0.25, 0.3) is 5.69 Å². The van der Waals surface area contributed by atoms with E-state index in [1.165, 1.54) is 6.07 Å². The molecule has 0 radical (unpaired) electrons. The third-order valence-electron chi connectivity index (χ3n) is 2.84. The molecule has 0 aliphatic heterocycles. The van der Waals surface area contributed by atoms with Crippen molar-refractivity contribution in [2.45, 2.75) is 32.7 Å². The average Bonchev–Trinajstić information content (AvgIpc) is 2.38. The zero-order chi connectivity index (χ0) is 15.1. The number of nitro groups is 1. The minimum atomic E-state index is -0.484. The zero-order valence-corrected chi connectivity index (χ0v) is 11.5. The minimum absolute atomic E-state index is 0.0314. The highest BCUT2D eigenvalue weighted by Gasteiger charge is 2.13. The van der Waals surface area contributed by atoms with Crippen molar-refractivity contribution < 1.29 is 14.8 Å². The van der Waals surface area contributed by atoms with Crippen molar-refractivity contribution in [3.8, 4) is 0 Å². The maximum atomic E-state index is 11.7. The molecule has 20 heavy (non-hydrogen) atoms. The van der Waals surface area contributed by atoms with Crippen LogP contribution >= 0.6 is 0 Å². The molecule has 0 saturated carbocycles. The van der Waals surface area contributed by atoms with Crippen molar-refractivity contribution in [2.75, 3.05) is 11.9 Å². The molecule has 0 aliphatic carbocycles. The van der Waals surface area contributed by atoms with E-state index in [4.69, 9.17) is 5.11 Å². The number of aryl methyl sites for hydroxylation is 1. The van der Waals surface area contributed by atoms with Crippen LogP contribution in [-0.2, 0) is 0 Å². The molecule has 110 valence electrons. The van der Waals surface area contributed by atoms with E-state index in [-0.39, 0.29) is 18.3 Å². The van der Waals surface area contributed by atoms with Crippen molar-refractivity contribution in [3.05, 3.63) is 33.9 Å². The Kier molecular flexibility index (Phi) is 5.92. The van der Waals surface area contributed by atoms with Crippen LogP contribution in [0.2, 0.25) is 0 Å². The first-order valence-corrected chi connectivity index (χ1v) is 6.37.